The Balaban J connectivity index is 1.36. The van der Waals surface area contributed by atoms with E-state index in [4.69, 9.17) is 4.74 Å². The van der Waals surface area contributed by atoms with Crippen molar-refractivity contribution < 1.29 is 18.7 Å². The quantitative estimate of drug-likeness (QED) is 0.793. The second-order valence-corrected chi connectivity index (χ2v) is 8.03. The van der Waals surface area contributed by atoms with Crippen LogP contribution in [0.2, 0.25) is 0 Å². The van der Waals surface area contributed by atoms with Crippen molar-refractivity contribution >= 4 is 17.5 Å². The Morgan fingerprint density at radius 2 is 2.20 bits per heavy atom. The van der Waals surface area contributed by atoms with Crippen molar-refractivity contribution in [1.82, 2.24) is 10.2 Å². The van der Waals surface area contributed by atoms with E-state index in [1.807, 2.05) is 31.2 Å². The smallest absolute Gasteiger partial charge is 0.262 e. The number of hydrogen-bond acceptors (Lipinski definition) is 4. The predicted octanol–water partition coefficient (Wildman–Crippen LogP) is 3.25. The maximum atomic E-state index is 13.4. The summed E-state index contributed by atoms with van der Waals surface area (Å²) in [5.41, 5.74) is 2.45. The zero-order valence-corrected chi connectivity index (χ0v) is 17.0. The first-order valence-corrected chi connectivity index (χ1v) is 10.3. The number of hydrogen-bond donors (Lipinski definition) is 2. The first kappa shape index (κ1) is 20.3. The van der Waals surface area contributed by atoms with E-state index >= 15 is 0 Å². The highest BCUT2D eigenvalue weighted by Gasteiger charge is 2.27. The number of fused-ring (bicyclic) bond motifs is 1. The number of likely N-dealkylation sites (tertiary alicyclic amines) is 1. The molecule has 2 unspecified atom stereocenters. The van der Waals surface area contributed by atoms with E-state index in [9.17, 15) is 14.0 Å². The third-order valence-corrected chi connectivity index (χ3v) is 5.67. The summed E-state index contributed by atoms with van der Waals surface area (Å²) in [7, 11) is 0. The molecule has 0 aromatic heterocycles. The monoisotopic (exact) mass is 411 g/mol. The number of rotatable bonds is 5. The molecular weight excluding hydrogens is 385 g/mol. The van der Waals surface area contributed by atoms with E-state index < -0.39 is 0 Å². The summed E-state index contributed by atoms with van der Waals surface area (Å²) in [5, 5.41) is 5.89. The molecule has 4 rings (SSSR count). The van der Waals surface area contributed by atoms with Crippen molar-refractivity contribution in [3.05, 3.63) is 59.4 Å². The highest BCUT2D eigenvalue weighted by Crippen LogP contribution is 2.30. The molecule has 2 aliphatic rings. The van der Waals surface area contributed by atoms with Crippen LogP contribution in [-0.4, -0.2) is 36.4 Å². The molecule has 0 bridgehead atoms. The largest absolute Gasteiger partial charge is 0.482 e. The zero-order chi connectivity index (χ0) is 21.1. The van der Waals surface area contributed by atoms with Crippen LogP contribution in [0.15, 0.2) is 42.5 Å². The molecule has 2 aliphatic heterocycles. The van der Waals surface area contributed by atoms with Crippen LogP contribution in [0.25, 0.3) is 0 Å². The van der Waals surface area contributed by atoms with Gasteiger partial charge < -0.3 is 15.4 Å². The SMILES string of the molecule is CC(NC(=O)C1CCCN(Cc2cccc(F)c2)C1)c1ccc2c(c1)NC(=O)CO2. The lowest BCUT2D eigenvalue weighted by Crippen LogP contribution is -2.43. The van der Waals surface area contributed by atoms with Crippen molar-refractivity contribution in [2.24, 2.45) is 5.92 Å². The number of benzene rings is 2. The highest BCUT2D eigenvalue weighted by molar-refractivity contribution is 5.95. The zero-order valence-electron chi connectivity index (χ0n) is 17.0. The Labute approximate surface area is 175 Å². The lowest BCUT2D eigenvalue weighted by molar-refractivity contribution is -0.127. The molecular formula is C23H26FN3O3. The molecule has 2 aromatic carbocycles. The maximum absolute atomic E-state index is 13.4. The van der Waals surface area contributed by atoms with Gasteiger partial charge >= 0.3 is 0 Å². The van der Waals surface area contributed by atoms with Crippen molar-refractivity contribution in [3.63, 3.8) is 0 Å². The Morgan fingerprint density at radius 1 is 1.33 bits per heavy atom. The number of nitrogens with one attached hydrogen (secondary N) is 2. The first-order valence-electron chi connectivity index (χ1n) is 10.3. The van der Waals surface area contributed by atoms with Crippen molar-refractivity contribution in [1.29, 1.82) is 0 Å². The molecule has 2 N–H and O–H groups in total. The average Bonchev–Trinajstić information content (AvgIpc) is 2.73. The van der Waals surface area contributed by atoms with Crippen LogP contribution >= 0.6 is 0 Å². The highest BCUT2D eigenvalue weighted by atomic mass is 19.1. The van der Waals surface area contributed by atoms with Crippen LogP contribution < -0.4 is 15.4 Å². The summed E-state index contributed by atoms with van der Waals surface area (Å²) >= 11 is 0. The van der Waals surface area contributed by atoms with Gasteiger partial charge in [0.1, 0.15) is 11.6 Å². The molecule has 0 saturated carbocycles. The third-order valence-electron chi connectivity index (χ3n) is 5.67. The van der Waals surface area contributed by atoms with Crippen LogP contribution in [0, 0.1) is 11.7 Å². The second kappa shape index (κ2) is 8.83. The first-order chi connectivity index (χ1) is 14.5. The minimum Gasteiger partial charge on any atom is -0.482 e. The molecule has 0 radical (unpaired) electrons. The average molecular weight is 411 g/mol. The molecule has 0 aliphatic carbocycles. The van der Waals surface area contributed by atoms with Crippen LogP contribution in [0.5, 0.6) is 5.75 Å². The van der Waals surface area contributed by atoms with E-state index in [0.717, 1.165) is 30.5 Å². The Kier molecular flexibility index (Phi) is 5.99. The van der Waals surface area contributed by atoms with Gasteiger partial charge in [0.2, 0.25) is 5.91 Å². The lowest BCUT2D eigenvalue weighted by atomic mass is 9.95. The van der Waals surface area contributed by atoms with Crippen molar-refractivity contribution in [2.45, 2.75) is 32.4 Å². The van der Waals surface area contributed by atoms with E-state index in [-0.39, 0.29) is 36.2 Å². The summed E-state index contributed by atoms with van der Waals surface area (Å²) in [5.74, 6) is 0.133. The second-order valence-electron chi connectivity index (χ2n) is 8.03. The van der Waals surface area contributed by atoms with Gasteiger partial charge in [-0.2, -0.15) is 0 Å². The molecule has 2 aromatic rings. The number of piperidine rings is 1. The Hall–Kier alpha value is -2.93. The minimum atomic E-state index is -0.237. The fraction of sp³-hybridized carbons (Fsp3) is 0.391. The van der Waals surface area contributed by atoms with Crippen LogP contribution in [0.3, 0.4) is 0 Å². The Bertz CT molecular complexity index is 949. The van der Waals surface area contributed by atoms with E-state index in [1.165, 1.54) is 6.07 Å². The van der Waals surface area contributed by atoms with Crippen molar-refractivity contribution in [3.8, 4) is 5.75 Å². The number of nitrogens with zero attached hydrogens (tertiary/aromatic N) is 1. The fourth-order valence-electron chi connectivity index (χ4n) is 4.09. The maximum Gasteiger partial charge on any atom is 0.262 e. The third kappa shape index (κ3) is 4.79. The van der Waals surface area contributed by atoms with Crippen molar-refractivity contribution in [2.75, 3.05) is 25.0 Å². The molecule has 0 spiro atoms. The minimum absolute atomic E-state index is 0.0180. The number of amides is 2. The molecule has 30 heavy (non-hydrogen) atoms. The van der Waals surface area contributed by atoms with E-state index in [1.54, 1.807) is 12.1 Å². The van der Waals surface area contributed by atoms with E-state index in [0.29, 0.717) is 24.5 Å². The van der Waals surface area contributed by atoms with E-state index in [2.05, 4.69) is 15.5 Å². The van der Waals surface area contributed by atoms with Crippen LogP contribution in [0.4, 0.5) is 10.1 Å². The summed E-state index contributed by atoms with van der Waals surface area (Å²) < 4.78 is 18.8. The molecule has 1 fully saturated rings. The molecule has 158 valence electrons. The van der Waals surface area contributed by atoms with Gasteiger partial charge in [-0.1, -0.05) is 18.2 Å². The summed E-state index contributed by atoms with van der Waals surface area (Å²) in [6.07, 6.45) is 1.77. The van der Waals surface area contributed by atoms with Gasteiger partial charge in [-0.15, -0.1) is 0 Å². The summed E-state index contributed by atoms with van der Waals surface area (Å²) in [4.78, 5) is 26.6. The lowest BCUT2D eigenvalue weighted by Gasteiger charge is -2.32. The summed E-state index contributed by atoms with van der Waals surface area (Å²) in [6.45, 7) is 4.15. The van der Waals surface area contributed by atoms with Gasteiger partial charge in [0.25, 0.3) is 5.91 Å². The standard InChI is InChI=1S/C23H26FN3O3/c1-15(17-7-8-21-20(11-17)26-22(28)14-30-21)25-23(29)18-5-3-9-27(13-18)12-16-4-2-6-19(24)10-16/h2,4,6-8,10-11,15,18H,3,5,9,12-14H2,1H3,(H,25,29)(H,26,28). The molecule has 2 amide bonds. The summed E-state index contributed by atoms with van der Waals surface area (Å²) in [6, 6.07) is 12.0. The van der Waals surface area contributed by atoms with Gasteiger partial charge in [-0.25, -0.2) is 4.39 Å². The Morgan fingerprint density at radius 3 is 3.03 bits per heavy atom. The van der Waals surface area contributed by atoms with Crippen LogP contribution in [-0.2, 0) is 16.1 Å². The molecule has 7 heteroatoms. The van der Waals surface area contributed by atoms with Crippen LogP contribution in [0.1, 0.15) is 36.9 Å². The predicted molar refractivity (Wildman–Crippen MR) is 112 cm³/mol. The normalized spacial score (nSPS) is 19.9. The number of ether oxygens (including phenoxy) is 1. The number of carbonyl (C=O) groups excluding carboxylic acids is 2. The van der Waals surface area contributed by atoms with Gasteiger partial charge in [0.15, 0.2) is 6.61 Å². The molecule has 1 saturated heterocycles. The van der Waals surface area contributed by atoms with Gasteiger partial charge in [-0.3, -0.25) is 14.5 Å². The molecule has 6 nitrogen and oxygen atoms in total. The van der Waals surface area contributed by atoms with Gasteiger partial charge in [0.05, 0.1) is 17.6 Å². The van der Waals surface area contributed by atoms with Gasteiger partial charge in [-0.05, 0) is 61.7 Å². The topological polar surface area (TPSA) is 70.7 Å². The number of anilines is 1. The number of halogens is 1. The van der Waals surface area contributed by atoms with Gasteiger partial charge in [0, 0.05) is 13.1 Å². The number of carbonyl (C=O) groups is 2. The fourth-order valence-corrected chi connectivity index (χ4v) is 4.09. The molecule has 2 heterocycles. The molecule has 2 atom stereocenters.